The lowest BCUT2D eigenvalue weighted by atomic mass is 10.0. The summed E-state index contributed by atoms with van der Waals surface area (Å²) in [5.74, 6) is 0.775. The van der Waals surface area contributed by atoms with Gasteiger partial charge in [0.2, 0.25) is 0 Å². The van der Waals surface area contributed by atoms with E-state index >= 15 is 0 Å². The first kappa shape index (κ1) is 17.2. The highest BCUT2D eigenvalue weighted by molar-refractivity contribution is 5.84. The number of rotatable bonds is 7. The van der Waals surface area contributed by atoms with E-state index in [1.54, 1.807) is 7.11 Å². The summed E-state index contributed by atoms with van der Waals surface area (Å²) in [7, 11) is 1.65. The molecule has 1 fully saturated rings. The Morgan fingerprint density at radius 1 is 1.19 bits per heavy atom. The number of hydrogen-bond donors (Lipinski definition) is 0. The van der Waals surface area contributed by atoms with Crippen molar-refractivity contribution in [3.8, 4) is 5.75 Å². The lowest BCUT2D eigenvalue weighted by molar-refractivity contribution is -0.135. The van der Waals surface area contributed by atoms with E-state index in [9.17, 15) is 4.79 Å². The molecule has 1 heterocycles. The minimum Gasteiger partial charge on any atom is -0.496 e. The van der Waals surface area contributed by atoms with Crippen molar-refractivity contribution in [1.29, 1.82) is 0 Å². The second-order valence-corrected chi connectivity index (χ2v) is 6.61. The van der Waals surface area contributed by atoms with E-state index in [0.717, 1.165) is 29.7 Å². The van der Waals surface area contributed by atoms with Gasteiger partial charge >= 0.3 is 0 Å². The molecule has 0 radical (unpaired) electrons. The number of carbonyl (C=O) groups excluding carboxylic acids is 1. The van der Waals surface area contributed by atoms with Gasteiger partial charge < -0.3 is 9.64 Å². The van der Waals surface area contributed by atoms with Gasteiger partial charge in [0.25, 0.3) is 5.91 Å². The maximum Gasteiger partial charge on any atom is 0.252 e. The molecule has 7 nitrogen and oxygen atoms in total. The van der Waals surface area contributed by atoms with Crippen molar-refractivity contribution in [2.75, 3.05) is 7.11 Å². The fourth-order valence-corrected chi connectivity index (χ4v) is 3.28. The van der Waals surface area contributed by atoms with Crippen LogP contribution in [0.5, 0.6) is 5.75 Å². The van der Waals surface area contributed by atoms with Crippen LogP contribution in [0, 0.1) is 0 Å². The molecule has 2 aromatic carbocycles. The van der Waals surface area contributed by atoms with E-state index in [0.29, 0.717) is 6.54 Å². The quantitative estimate of drug-likeness (QED) is 0.645. The van der Waals surface area contributed by atoms with Crippen molar-refractivity contribution in [1.82, 2.24) is 25.1 Å². The molecule has 0 aliphatic heterocycles. The Labute approximate surface area is 157 Å². The summed E-state index contributed by atoms with van der Waals surface area (Å²) >= 11 is 0. The third kappa shape index (κ3) is 3.67. The molecule has 0 unspecified atom stereocenters. The maximum atomic E-state index is 13.6. The second kappa shape index (κ2) is 7.57. The molecule has 0 spiro atoms. The van der Waals surface area contributed by atoms with Crippen molar-refractivity contribution in [2.45, 2.75) is 31.5 Å². The molecule has 0 bridgehead atoms. The first-order chi connectivity index (χ1) is 13.3. The van der Waals surface area contributed by atoms with E-state index in [-0.39, 0.29) is 11.9 Å². The molecule has 138 valence electrons. The predicted octanol–water partition coefficient (Wildman–Crippen LogP) is 2.46. The van der Waals surface area contributed by atoms with Gasteiger partial charge in [0, 0.05) is 18.2 Å². The predicted molar refractivity (Wildman–Crippen MR) is 99.0 cm³/mol. The average Bonchev–Trinajstić information content (AvgIpc) is 3.42. The summed E-state index contributed by atoms with van der Waals surface area (Å²) in [5.41, 5.74) is 1.85. The van der Waals surface area contributed by atoms with E-state index in [2.05, 4.69) is 15.5 Å². The van der Waals surface area contributed by atoms with Crippen LogP contribution in [-0.2, 0) is 11.3 Å². The highest BCUT2D eigenvalue weighted by Gasteiger charge is 2.38. The number of aromatic nitrogens is 4. The van der Waals surface area contributed by atoms with Crippen molar-refractivity contribution < 1.29 is 9.53 Å². The Balaban J connectivity index is 1.68. The van der Waals surface area contributed by atoms with Gasteiger partial charge in [0.15, 0.2) is 6.04 Å². The Morgan fingerprint density at radius 3 is 2.59 bits per heavy atom. The molecule has 4 rings (SSSR count). The maximum absolute atomic E-state index is 13.6. The van der Waals surface area contributed by atoms with Crippen LogP contribution >= 0.6 is 0 Å². The summed E-state index contributed by atoms with van der Waals surface area (Å²) in [6.45, 7) is 0.499. The van der Waals surface area contributed by atoms with Crippen molar-refractivity contribution in [3.05, 3.63) is 72.1 Å². The third-order valence-electron chi connectivity index (χ3n) is 4.78. The van der Waals surface area contributed by atoms with Gasteiger partial charge in [-0.3, -0.25) is 4.79 Å². The molecular weight excluding hydrogens is 342 g/mol. The minimum atomic E-state index is -0.587. The lowest BCUT2D eigenvalue weighted by Gasteiger charge is -2.28. The van der Waals surface area contributed by atoms with Gasteiger partial charge in [-0.1, -0.05) is 48.5 Å². The van der Waals surface area contributed by atoms with Gasteiger partial charge in [-0.25, -0.2) is 4.68 Å². The van der Waals surface area contributed by atoms with E-state index in [4.69, 9.17) is 4.74 Å². The highest BCUT2D eigenvalue weighted by Crippen LogP contribution is 2.33. The van der Waals surface area contributed by atoms with Gasteiger partial charge in [0.1, 0.15) is 12.1 Å². The standard InChI is InChI=1S/C20H21N5O2/c1-27-18-10-6-5-9-16(18)13-24(17-11-12-17)20(26)19(25-14-21-22-23-25)15-7-3-2-4-8-15/h2-10,14,17,19H,11-13H2,1H3/t19-/m0/s1. The summed E-state index contributed by atoms with van der Waals surface area (Å²) in [4.78, 5) is 15.5. The van der Waals surface area contributed by atoms with Crippen LogP contribution in [0.1, 0.15) is 30.0 Å². The number of methoxy groups -OCH3 is 1. The fraction of sp³-hybridized carbons (Fsp3) is 0.300. The van der Waals surface area contributed by atoms with Crippen LogP contribution in [0.15, 0.2) is 60.9 Å². The van der Waals surface area contributed by atoms with Gasteiger partial charge in [-0.2, -0.15) is 0 Å². The van der Waals surface area contributed by atoms with Crippen LogP contribution in [0.4, 0.5) is 0 Å². The largest absolute Gasteiger partial charge is 0.496 e. The molecule has 7 heteroatoms. The molecule has 1 amide bonds. The number of para-hydroxylation sites is 1. The minimum absolute atomic E-state index is 0.0121. The Hall–Kier alpha value is -3.22. The van der Waals surface area contributed by atoms with Crippen LogP contribution in [0.2, 0.25) is 0 Å². The van der Waals surface area contributed by atoms with Crippen LogP contribution in [0.25, 0.3) is 0 Å². The molecule has 0 N–H and O–H groups in total. The van der Waals surface area contributed by atoms with Gasteiger partial charge in [0.05, 0.1) is 7.11 Å². The lowest BCUT2D eigenvalue weighted by Crippen LogP contribution is -2.39. The summed E-state index contributed by atoms with van der Waals surface area (Å²) in [5, 5.41) is 11.4. The molecule has 1 atom stereocenters. The Bertz CT molecular complexity index is 894. The van der Waals surface area contributed by atoms with Crippen molar-refractivity contribution >= 4 is 5.91 Å². The van der Waals surface area contributed by atoms with E-state index in [1.165, 1.54) is 11.0 Å². The molecule has 0 saturated heterocycles. The first-order valence-corrected chi connectivity index (χ1v) is 8.97. The molecule has 1 aliphatic carbocycles. The summed E-state index contributed by atoms with van der Waals surface area (Å²) in [6, 6.07) is 17.1. The number of amides is 1. The van der Waals surface area contributed by atoms with Crippen LogP contribution in [0.3, 0.4) is 0 Å². The van der Waals surface area contributed by atoms with Gasteiger partial charge in [-0.15, -0.1) is 5.10 Å². The molecular formula is C20H21N5O2. The molecule has 3 aromatic rings. The molecule has 1 saturated carbocycles. The normalized spacial score (nSPS) is 14.6. The zero-order valence-corrected chi connectivity index (χ0v) is 15.1. The zero-order valence-electron chi connectivity index (χ0n) is 15.1. The summed E-state index contributed by atoms with van der Waals surface area (Å²) < 4.78 is 6.99. The van der Waals surface area contributed by atoms with Crippen LogP contribution < -0.4 is 4.74 Å². The number of hydrogen-bond acceptors (Lipinski definition) is 5. The van der Waals surface area contributed by atoms with Gasteiger partial charge in [-0.05, 0) is 34.9 Å². The van der Waals surface area contributed by atoms with E-state index in [1.807, 2.05) is 59.5 Å². The topological polar surface area (TPSA) is 73.1 Å². The Morgan fingerprint density at radius 2 is 1.93 bits per heavy atom. The Kier molecular flexibility index (Phi) is 4.82. The van der Waals surface area contributed by atoms with Crippen LogP contribution in [-0.4, -0.2) is 44.2 Å². The number of tetrazole rings is 1. The SMILES string of the molecule is COc1ccccc1CN(C(=O)[C@H](c1ccccc1)n1cnnn1)C1CC1. The monoisotopic (exact) mass is 363 g/mol. The van der Waals surface area contributed by atoms with Crippen molar-refractivity contribution in [2.24, 2.45) is 0 Å². The number of benzene rings is 2. The average molecular weight is 363 g/mol. The highest BCUT2D eigenvalue weighted by atomic mass is 16.5. The number of nitrogens with zero attached hydrogens (tertiary/aromatic N) is 5. The fourth-order valence-electron chi connectivity index (χ4n) is 3.28. The number of ether oxygens (including phenoxy) is 1. The molecule has 27 heavy (non-hydrogen) atoms. The first-order valence-electron chi connectivity index (χ1n) is 8.97. The van der Waals surface area contributed by atoms with Crippen molar-refractivity contribution in [3.63, 3.8) is 0 Å². The van der Waals surface area contributed by atoms with E-state index < -0.39 is 6.04 Å². The molecule has 1 aliphatic rings. The molecule has 1 aromatic heterocycles. The second-order valence-electron chi connectivity index (χ2n) is 6.61. The zero-order chi connectivity index (χ0) is 18.6. The summed E-state index contributed by atoms with van der Waals surface area (Å²) in [6.07, 6.45) is 3.51. The number of carbonyl (C=O) groups is 1. The smallest absolute Gasteiger partial charge is 0.252 e. The third-order valence-corrected chi connectivity index (χ3v) is 4.78.